The fraction of sp³-hybridized carbons (Fsp3) is 0.500. The Hall–Kier alpha value is -2.94. The van der Waals surface area contributed by atoms with Gasteiger partial charge in [0.15, 0.2) is 0 Å². The van der Waals surface area contributed by atoms with E-state index in [2.05, 4.69) is 5.32 Å². The molecule has 2 aromatic carbocycles. The number of carbonyl (C=O) groups is 2. The van der Waals surface area contributed by atoms with Gasteiger partial charge in [0, 0.05) is 25.6 Å². The number of benzene rings is 2. The lowest BCUT2D eigenvalue weighted by Crippen LogP contribution is -2.51. The smallest absolute Gasteiger partial charge is 0.243 e. The average Bonchev–Trinajstić information content (AvgIpc) is 3.35. The molecule has 1 aliphatic rings. The Morgan fingerprint density at radius 3 is 2.38 bits per heavy atom. The average molecular weight is 532 g/mol. The van der Waals surface area contributed by atoms with Gasteiger partial charge in [-0.1, -0.05) is 44.0 Å². The van der Waals surface area contributed by atoms with Crippen molar-refractivity contribution in [3.05, 3.63) is 65.5 Å². The van der Waals surface area contributed by atoms with Gasteiger partial charge in [-0.2, -0.15) is 0 Å². The van der Waals surface area contributed by atoms with Crippen molar-refractivity contribution in [3.8, 4) is 0 Å². The third-order valence-electron chi connectivity index (χ3n) is 6.80. The van der Waals surface area contributed by atoms with Crippen molar-refractivity contribution in [2.24, 2.45) is 0 Å². The van der Waals surface area contributed by atoms with E-state index in [0.717, 1.165) is 43.1 Å². The number of hydrogen-bond acceptors (Lipinski definition) is 4. The summed E-state index contributed by atoms with van der Waals surface area (Å²) < 4.78 is 39.7. The Balaban J connectivity index is 1.75. The third-order valence-corrected chi connectivity index (χ3v) is 7.99. The zero-order chi connectivity index (χ0) is 27.0. The number of hydrogen-bond donors (Lipinski definition) is 1. The van der Waals surface area contributed by atoms with Gasteiger partial charge in [0.25, 0.3) is 0 Å². The highest BCUT2D eigenvalue weighted by Gasteiger charge is 2.30. The van der Waals surface area contributed by atoms with Crippen LogP contribution in [0.3, 0.4) is 0 Å². The largest absolute Gasteiger partial charge is 0.352 e. The van der Waals surface area contributed by atoms with Gasteiger partial charge in [-0.05, 0) is 68.0 Å². The van der Waals surface area contributed by atoms with Crippen LogP contribution in [0.1, 0.15) is 63.0 Å². The molecular formula is C28H38FN3O4S. The van der Waals surface area contributed by atoms with Gasteiger partial charge in [-0.15, -0.1) is 0 Å². The number of aryl methyl sites for hydroxylation is 1. The van der Waals surface area contributed by atoms with Crippen molar-refractivity contribution in [1.82, 2.24) is 10.2 Å². The van der Waals surface area contributed by atoms with Crippen LogP contribution in [-0.4, -0.2) is 50.0 Å². The highest BCUT2D eigenvalue weighted by atomic mass is 32.2. The number of carbonyl (C=O) groups excluding carboxylic acids is 2. The highest BCUT2D eigenvalue weighted by Crippen LogP contribution is 2.22. The summed E-state index contributed by atoms with van der Waals surface area (Å²) in [6, 6.07) is 12.6. The van der Waals surface area contributed by atoms with Gasteiger partial charge in [0.1, 0.15) is 11.9 Å². The fourth-order valence-corrected chi connectivity index (χ4v) is 5.82. The van der Waals surface area contributed by atoms with Crippen LogP contribution in [-0.2, 0) is 26.2 Å². The van der Waals surface area contributed by atoms with Crippen LogP contribution in [0.5, 0.6) is 0 Å². The minimum absolute atomic E-state index is 0.0756. The topological polar surface area (TPSA) is 86.8 Å². The van der Waals surface area contributed by atoms with Crippen molar-refractivity contribution < 1.29 is 22.4 Å². The Morgan fingerprint density at radius 2 is 1.78 bits per heavy atom. The maximum atomic E-state index is 13.5. The van der Waals surface area contributed by atoms with Gasteiger partial charge in [-0.25, -0.2) is 12.8 Å². The predicted octanol–water partition coefficient (Wildman–Crippen LogP) is 4.55. The van der Waals surface area contributed by atoms with Gasteiger partial charge in [0.05, 0.1) is 11.9 Å². The van der Waals surface area contributed by atoms with E-state index in [1.165, 1.54) is 16.4 Å². The van der Waals surface area contributed by atoms with E-state index in [4.69, 9.17) is 0 Å². The number of anilines is 1. The lowest BCUT2D eigenvalue weighted by molar-refractivity contribution is -0.141. The number of rotatable bonds is 12. The van der Waals surface area contributed by atoms with E-state index >= 15 is 0 Å². The zero-order valence-electron chi connectivity index (χ0n) is 22.0. The van der Waals surface area contributed by atoms with Crippen LogP contribution in [0.25, 0.3) is 0 Å². The van der Waals surface area contributed by atoms with Crippen molar-refractivity contribution in [2.75, 3.05) is 17.1 Å². The minimum atomic E-state index is -3.54. The molecule has 1 atom stereocenters. The van der Waals surface area contributed by atoms with Crippen molar-refractivity contribution >= 4 is 27.5 Å². The molecule has 1 N–H and O–H groups in total. The summed E-state index contributed by atoms with van der Waals surface area (Å²) in [5.41, 5.74) is 2.21. The molecule has 0 unspecified atom stereocenters. The first kappa shape index (κ1) is 28.6. The molecule has 37 heavy (non-hydrogen) atoms. The van der Waals surface area contributed by atoms with E-state index in [9.17, 15) is 22.4 Å². The quantitative estimate of drug-likeness (QED) is 0.436. The van der Waals surface area contributed by atoms with Crippen LogP contribution in [0.15, 0.2) is 48.5 Å². The first-order valence-corrected chi connectivity index (χ1v) is 14.8. The molecule has 0 aromatic heterocycles. The summed E-state index contributed by atoms with van der Waals surface area (Å²) in [5.74, 6) is -0.789. The number of nitrogens with zero attached hydrogens (tertiary/aromatic N) is 2. The predicted molar refractivity (Wildman–Crippen MR) is 144 cm³/mol. The monoisotopic (exact) mass is 531 g/mol. The molecule has 2 aromatic rings. The van der Waals surface area contributed by atoms with E-state index in [1.54, 1.807) is 35.2 Å². The van der Waals surface area contributed by atoms with Gasteiger partial charge in [0.2, 0.25) is 21.8 Å². The molecule has 1 aliphatic carbocycles. The summed E-state index contributed by atoms with van der Waals surface area (Å²) in [6.45, 7) is 4.07. The Bertz CT molecular complexity index is 1160. The second-order valence-electron chi connectivity index (χ2n) is 9.84. The molecule has 0 bridgehead atoms. The maximum Gasteiger partial charge on any atom is 0.243 e. The SMILES string of the molecule is CC[C@@H](C(=O)NC1CCCC1)N(Cc1ccc(F)cc1)C(=O)CCCN(c1cccc(C)c1)S(C)(=O)=O. The van der Waals surface area contributed by atoms with Crippen molar-refractivity contribution in [2.45, 2.75) is 77.4 Å². The van der Waals surface area contributed by atoms with E-state index in [0.29, 0.717) is 18.5 Å². The molecule has 0 radical (unpaired) electrons. The van der Waals surface area contributed by atoms with Crippen LogP contribution in [0, 0.1) is 12.7 Å². The molecule has 3 rings (SSSR count). The molecule has 0 aliphatic heterocycles. The molecule has 0 heterocycles. The van der Waals surface area contributed by atoms with Gasteiger partial charge < -0.3 is 10.2 Å². The first-order chi connectivity index (χ1) is 17.6. The number of amides is 2. The van der Waals surface area contributed by atoms with E-state index in [-0.39, 0.29) is 43.2 Å². The fourth-order valence-electron chi connectivity index (χ4n) is 4.86. The van der Waals surface area contributed by atoms with Crippen molar-refractivity contribution in [3.63, 3.8) is 0 Å². The Labute approximate surface area is 220 Å². The normalized spacial score (nSPS) is 14.8. The number of halogens is 1. The Morgan fingerprint density at radius 1 is 1.11 bits per heavy atom. The standard InChI is InChI=1S/C28H38FN3O4S/c1-4-26(28(34)30-24-10-5-6-11-24)31(20-22-14-16-23(29)17-15-22)27(33)13-8-18-32(37(3,35)36)25-12-7-9-21(2)19-25/h7,9,12,14-17,19,24,26H,4-6,8,10-11,13,18,20H2,1-3H3,(H,30,34)/t26-/m0/s1. The zero-order valence-corrected chi connectivity index (χ0v) is 22.8. The summed E-state index contributed by atoms with van der Waals surface area (Å²) in [6.07, 6.45) is 5.99. The molecule has 1 saturated carbocycles. The first-order valence-electron chi connectivity index (χ1n) is 13.0. The second-order valence-corrected chi connectivity index (χ2v) is 11.7. The van der Waals surface area contributed by atoms with Gasteiger partial charge in [-0.3, -0.25) is 13.9 Å². The Kier molecular flexibility index (Phi) is 10.1. The molecule has 7 nitrogen and oxygen atoms in total. The summed E-state index contributed by atoms with van der Waals surface area (Å²) >= 11 is 0. The molecule has 202 valence electrons. The summed E-state index contributed by atoms with van der Waals surface area (Å²) in [7, 11) is -3.54. The molecule has 2 amide bonds. The van der Waals surface area contributed by atoms with Crippen LogP contribution >= 0.6 is 0 Å². The maximum absolute atomic E-state index is 13.5. The van der Waals surface area contributed by atoms with Crippen LogP contribution in [0.4, 0.5) is 10.1 Å². The summed E-state index contributed by atoms with van der Waals surface area (Å²) in [5, 5.41) is 3.10. The number of sulfonamides is 1. The molecular weight excluding hydrogens is 493 g/mol. The minimum Gasteiger partial charge on any atom is -0.352 e. The lowest BCUT2D eigenvalue weighted by atomic mass is 10.1. The molecule has 0 spiro atoms. The van der Waals surface area contributed by atoms with Gasteiger partial charge >= 0.3 is 0 Å². The van der Waals surface area contributed by atoms with E-state index in [1.807, 2.05) is 19.9 Å². The molecule has 9 heteroatoms. The molecule has 1 fully saturated rings. The lowest BCUT2D eigenvalue weighted by Gasteiger charge is -2.32. The second kappa shape index (κ2) is 13.0. The molecule has 0 saturated heterocycles. The highest BCUT2D eigenvalue weighted by molar-refractivity contribution is 7.92. The van der Waals surface area contributed by atoms with E-state index < -0.39 is 16.1 Å². The third kappa shape index (κ3) is 8.28. The van der Waals surface area contributed by atoms with Crippen molar-refractivity contribution in [1.29, 1.82) is 0 Å². The summed E-state index contributed by atoms with van der Waals surface area (Å²) in [4.78, 5) is 28.2. The number of nitrogens with one attached hydrogen (secondary N) is 1. The van der Waals surface area contributed by atoms with Crippen LogP contribution in [0.2, 0.25) is 0 Å². The van der Waals surface area contributed by atoms with Crippen LogP contribution < -0.4 is 9.62 Å².